The van der Waals surface area contributed by atoms with Gasteiger partial charge in [0.2, 0.25) is 0 Å². The van der Waals surface area contributed by atoms with Crippen LogP contribution in [-0.4, -0.2) is 30.1 Å². The second kappa shape index (κ2) is 4.82. The lowest BCUT2D eigenvalue weighted by Crippen LogP contribution is -2.26. The molecule has 0 N–H and O–H groups in total. The molecule has 0 radical (unpaired) electrons. The van der Waals surface area contributed by atoms with E-state index in [-0.39, 0.29) is 10.6 Å². The molecule has 1 aromatic heterocycles. The maximum atomic E-state index is 11.5. The molecule has 1 rings (SSSR count). The topological polar surface area (TPSA) is 25.2 Å². The van der Waals surface area contributed by atoms with Crippen LogP contribution in [0.1, 0.15) is 0 Å². The van der Waals surface area contributed by atoms with Crippen LogP contribution in [0.4, 0.5) is 0 Å². The van der Waals surface area contributed by atoms with Gasteiger partial charge in [-0.25, -0.2) is 0 Å². The zero-order chi connectivity index (χ0) is 10.7. The molecule has 0 aliphatic rings. The van der Waals surface area contributed by atoms with Gasteiger partial charge in [0.15, 0.2) is 0 Å². The van der Waals surface area contributed by atoms with Gasteiger partial charge < -0.3 is 9.47 Å². The fraction of sp³-hybridized carbons (Fsp3) is 0.444. The van der Waals surface area contributed by atoms with Crippen molar-refractivity contribution >= 4 is 23.2 Å². The van der Waals surface area contributed by atoms with Crippen LogP contribution in [0.25, 0.3) is 0 Å². The van der Waals surface area contributed by atoms with Gasteiger partial charge in [-0.05, 0) is 20.2 Å². The smallest absolute Gasteiger partial charge is 0.269 e. The Balaban J connectivity index is 2.91. The number of pyridine rings is 1. The first-order chi connectivity index (χ1) is 6.50. The second-order valence-electron chi connectivity index (χ2n) is 3.31. The molecule has 5 heteroatoms. The van der Waals surface area contributed by atoms with Gasteiger partial charge in [0.1, 0.15) is 5.02 Å². The summed E-state index contributed by atoms with van der Waals surface area (Å²) in [5.41, 5.74) is -0.196. The summed E-state index contributed by atoms with van der Waals surface area (Å²) in [6.07, 6.45) is 1.60. The minimum Gasteiger partial charge on any atom is -0.311 e. The normalized spacial score (nSPS) is 10.9. The molecule has 0 amide bonds. The van der Waals surface area contributed by atoms with Crippen molar-refractivity contribution < 1.29 is 0 Å². The maximum Gasteiger partial charge on any atom is 0.269 e. The first-order valence-corrected chi connectivity index (χ1v) is 4.96. The van der Waals surface area contributed by atoms with Crippen molar-refractivity contribution in [3.8, 4) is 0 Å². The molecule has 0 atom stereocenters. The molecule has 0 saturated carbocycles. The number of halogens is 2. The Kier molecular flexibility index (Phi) is 3.98. The summed E-state index contributed by atoms with van der Waals surface area (Å²) in [6, 6.07) is 1.46. The van der Waals surface area contributed by atoms with Gasteiger partial charge >= 0.3 is 0 Å². The van der Waals surface area contributed by atoms with Gasteiger partial charge in [-0.2, -0.15) is 0 Å². The van der Waals surface area contributed by atoms with E-state index in [9.17, 15) is 4.79 Å². The molecule has 0 unspecified atom stereocenters. The van der Waals surface area contributed by atoms with E-state index < -0.39 is 0 Å². The molecule has 0 spiro atoms. The van der Waals surface area contributed by atoms with Crippen LogP contribution >= 0.6 is 23.2 Å². The Hall–Kier alpha value is -0.510. The number of rotatable bonds is 3. The Morgan fingerprint density at radius 2 is 2.07 bits per heavy atom. The summed E-state index contributed by atoms with van der Waals surface area (Å²) in [5.74, 6) is 0. The Morgan fingerprint density at radius 3 is 2.64 bits per heavy atom. The van der Waals surface area contributed by atoms with Crippen LogP contribution in [0.3, 0.4) is 0 Å². The van der Waals surface area contributed by atoms with Crippen molar-refractivity contribution in [3.05, 3.63) is 32.7 Å². The van der Waals surface area contributed by atoms with Gasteiger partial charge in [0, 0.05) is 19.3 Å². The van der Waals surface area contributed by atoms with Crippen molar-refractivity contribution in [2.24, 2.45) is 0 Å². The van der Waals surface area contributed by atoms with E-state index in [1.165, 1.54) is 10.6 Å². The number of hydrogen-bond donors (Lipinski definition) is 0. The Morgan fingerprint density at radius 1 is 1.43 bits per heavy atom. The van der Waals surface area contributed by atoms with E-state index >= 15 is 0 Å². The largest absolute Gasteiger partial charge is 0.311 e. The predicted octanol–water partition coefficient (Wildman–Crippen LogP) is 1.72. The van der Waals surface area contributed by atoms with Crippen LogP contribution in [-0.2, 0) is 6.54 Å². The standard InChI is InChI=1S/C9H12Cl2N2O/c1-12(2)3-4-13-6-7(10)5-8(11)9(13)14/h5-6H,3-4H2,1-2H3. The van der Waals surface area contributed by atoms with Crippen molar-refractivity contribution in [2.45, 2.75) is 6.54 Å². The van der Waals surface area contributed by atoms with Crippen molar-refractivity contribution in [1.82, 2.24) is 9.47 Å². The summed E-state index contributed by atoms with van der Waals surface area (Å²) in [6.45, 7) is 1.36. The monoisotopic (exact) mass is 234 g/mol. The van der Waals surface area contributed by atoms with E-state index in [1.54, 1.807) is 6.20 Å². The predicted molar refractivity (Wildman–Crippen MR) is 59.3 cm³/mol. The van der Waals surface area contributed by atoms with Gasteiger partial charge in [0.05, 0.1) is 5.02 Å². The molecular formula is C9H12Cl2N2O. The minimum absolute atomic E-state index is 0.163. The van der Waals surface area contributed by atoms with Crippen LogP contribution in [0, 0.1) is 0 Å². The highest BCUT2D eigenvalue weighted by atomic mass is 35.5. The molecule has 78 valence electrons. The summed E-state index contributed by atoms with van der Waals surface area (Å²) in [4.78, 5) is 13.5. The van der Waals surface area contributed by atoms with Gasteiger partial charge in [-0.3, -0.25) is 4.79 Å². The first-order valence-electron chi connectivity index (χ1n) is 4.21. The molecule has 1 aromatic rings. The summed E-state index contributed by atoms with van der Waals surface area (Å²) < 4.78 is 1.52. The molecule has 1 heterocycles. The molecule has 3 nitrogen and oxygen atoms in total. The summed E-state index contributed by atoms with van der Waals surface area (Å²) >= 11 is 11.5. The van der Waals surface area contributed by atoms with Crippen molar-refractivity contribution in [1.29, 1.82) is 0 Å². The second-order valence-corrected chi connectivity index (χ2v) is 4.15. The van der Waals surface area contributed by atoms with Crippen LogP contribution in [0.2, 0.25) is 10.0 Å². The SMILES string of the molecule is CN(C)CCn1cc(Cl)cc(Cl)c1=O. The summed E-state index contributed by atoms with van der Waals surface area (Å²) in [5, 5.41) is 0.643. The maximum absolute atomic E-state index is 11.5. The highest BCUT2D eigenvalue weighted by Gasteiger charge is 2.03. The lowest BCUT2D eigenvalue weighted by Gasteiger charge is -2.11. The molecule has 0 saturated heterocycles. The first kappa shape index (κ1) is 11.6. The van der Waals surface area contributed by atoms with E-state index in [2.05, 4.69) is 0 Å². The third-order valence-electron chi connectivity index (χ3n) is 1.80. The highest BCUT2D eigenvalue weighted by Crippen LogP contribution is 2.10. The number of nitrogens with zero attached hydrogens (tertiary/aromatic N) is 2. The zero-order valence-electron chi connectivity index (χ0n) is 8.13. The average molecular weight is 235 g/mol. The molecule has 0 aliphatic heterocycles. The van der Waals surface area contributed by atoms with Gasteiger partial charge in [0.25, 0.3) is 5.56 Å². The van der Waals surface area contributed by atoms with E-state index in [4.69, 9.17) is 23.2 Å². The lowest BCUT2D eigenvalue weighted by atomic mass is 10.4. The van der Waals surface area contributed by atoms with Crippen LogP contribution < -0.4 is 5.56 Å². The van der Waals surface area contributed by atoms with Gasteiger partial charge in [-0.15, -0.1) is 0 Å². The van der Waals surface area contributed by atoms with E-state index in [0.717, 1.165) is 6.54 Å². The van der Waals surface area contributed by atoms with Crippen molar-refractivity contribution in [2.75, 3.05) is 20.6 Å². The third kappa shape index (κ3) is 3.01. The highest BCUT2D eigenvalue weighted by molar-refractivity contribution is 6.34. The Labute approximate surface area is 92.8 Å². The average Bonchev–Trinajstić information content (AvgIpc) is 2.08. The minimum atomic E-state index is -0.196. The van der Waals surface area contributed by atoms with Crippen molar-refractivity contribution in [3.63, 3.8) is 0 Å². The van der Waals surface area contributed by atoms with Gasteiger partial charge in [-0.1, -0.05) is 23.2 Å². The summed E-state index contributed by atoms with van der Waals surface area (Å²) in [7, 11) is 3.88. The molecule has 0 bridgehead atoms. The number of hydrogen-bond acceptors (Lipinski definition) is 2. The van der Waals surface area contributed by atoms with Crippen LogP contribution in [0.5, 0.6) is 0 Å². The zero-order valence-corrected chi connectivity index (χ0v) is 9.64. The number of aromatic nitrogens is 1. The fourth-order valence-electron chi connectivity index (χ4n) is 1.04. The molecule has 0 aromatic carbocycles. The molecule has 0 aliphatic carbocycles. The Bertz CT molecular complexity index is 374. The quantitative estimate of drug-likeness (QED) is 0.796. The molecule has 0 fully saturated rings. The number of likely N-dealkylation sites (N-methyl/N-ethyl adjacent to an activating group) is 1. The van der Waals surface area contributed by atoms with E-state index in [1.807, 2.05) is 19.0 Å². The molecular weight excluding hydrogens is 223 g/mol. The lowest BCUT2D eigenvalue weighted by molar-refractivity contribution is 0.381. The van der Waals surface area contributed by atoms with Crippen LogP contribution in [0.15, 0.2) is 17.1 Å². The molecule has 14 heavy (non-hydrogen) atoms. The van der Waals surface area contributed by atoms with E-state index in [0.29, 0.717) is 11.6 Å². The third-order valence-corrected chi connectivity index (χ3v) is 2.27. The fourth-order valence-corrected chi connectivity index (χ4v) is 1.55.